The van der Waals surface area contributed by atoms with Crippen molar-refractivity contribution < 1.29 is 37.6 Å². The summed E-state index contributed by atoms with van der Waals surface area (Å²) in [4.78, 5) is 35.5. The predicted molar refractivity (Wildman–Crippen MR) is 409 cm³/mol. The first-order valence-corrected chi connectivity index (χ1v) is 42.1. The number of rotatable bonds is 77. The molecule has 0 fully saturated rings. The van der Waals surface area contributed by atoms with Gasteiger partial charge in [-0.1, -0.05) is 407 Å². The minimum absolute atomic E-state index is 0.0526. The van der Waals surface area contributed by atoms with E-state index in [0.717, 1.165) is 83.5 Å². The second-order valence-electron chi connectivity index (χ2n) is 27.3. The van der Waals surface area contributed by atoms with Gasteiger partial charge in [-0.05, 0) is 70.6 Å². The quantitative estimate of drug-likeness (QED) is 0.0264. The fraction of sp³-hybridized carbons (Fsp3) is 0.810. The van der Waals surface area contributed by atoms with Crippen LogP contribution in [-0.2, 0) is 32.7 Å². The zero-order valence-corrected chi connectivity index (χ0v) is 62.8. The molecule has 0 radical (unpaired) electrons. The average molecular weight is 1340 g/mol. The van der Waals surface area contributed by atoms with E-state index in [4.69, 9.17) is 24.3 Å². The van der Waals surface area contributed by atoms with E-state index < -0.39 is 26.5 Å². The van der Waals surface area contributed by atoms with Crippen LogP contribution in [-0.4, -0.2) is 49.3 Å². The van der Waals surface area contributed by atoms with Crippen LogP contribution in [0.1, 0.15) is 406 Å². The molecule has 0 bridgehead atoms. The number of carbonyl (C=O) groups excluding carboxylic acids is 2. The van der Waals surface area contributed by atoms with Gasteiger partial charge in [0.25, 0.3) is 0 Å². The number of esters is 2. The summed E-state index contributed by atoms with van der Waals surface area (Å²) in [5.41, 5.74) is 5.42. The first-order valence-electron chi connectivity index (χ1n) is 40.6. The van der Waals surface area contributed by atoms with Gasteiger partial charge in [-0.3, -0.25) is 18.6 Å². The number of ether oxygens (including phenoxy) is 2. The summed E-state index contributed by atoms with van der Waals surface area (Å²) in [6.45, 7) is 3.69. The molecular formula is C84H154NO8P. The van der Waals surface area contributed by atoms with Gasteiger partial charge in [0.2, 0.25) is 0 Å². The third-order valence-electron chi connectivity index (χ3n) is 18.0. The lowest BCUT2D eigenvalue weighted by Crippen LogP contribution is -2.29. The van der Waals surface area contributed by atoms with Gasteiger partial charge in [-0.15, -0.1) is 0 Å². The van der Waals surface area contributed by atoms with Crippen molar-refractivity contribution in [2.45, 2.75) is 412 Å². The summed E-state index contributed by atoms with van der Waals surface area (Å²) in [5.74, 6) is -0.812. The molecule has 0 aromatic rings. The molecule has 0 saturated carbocycles. The third-order valence-corrected chi connectivity index (χ3v) is 19.0. The standard InChI is InChI=1S/C84H154NO8P/c1-3-5-7-9-11-13-15-17-19-21-23-25-27-29-31-33-35-37-39-40-41-43-44-46-48-50-52-54-56-58-60-62-64-66-68-70-72-74-76-83(86)90-80-82(81-92-94(88,89)91-79-78-85)93-84(87)77-75-73-71-69-67-65-63-61-59-57-55-53-51-49-47-45-42-38-36-34-32-30-28-26-24-22-20-18-16-14-12-10-8-6-4-2/h6,8,12,14,18,20,24,26,30,32,36,38,45,47,82H,3-5,7,9-11,13,15-17,19,21-23,25,27-29,31,33-35,37,39-44,46,48-81,85H2,1-2H3,(H,88,89)/b8-6-,14-12-,20-18-,26-24-,32-30-,38-36-,47-45-. The van der Waals surface area contributed by atoms with Crippen molar-refractivity contribution in [1.29, 1.82) is 0 Å². The number of carbonyl (C=O) groups is 2. The molecular weight excluding hydrogens is 1180 g/mol. The Morgan fingerprint density at radius 2 is 0.585 bits per heavy atom. The van der Waals surface area contributed by atoms with E-state index in [-0.39, 0.29) is 38.6 Å². The van der Waals surface area contributed by atoms with Crippen molar-refractivity contribution in [3.8, 4) is 0 Å². The summed E-state index contributed by atoms with van der Waals surface area (Å²) in [5, 5.41) is 0. The van der Waals surface area contributed by atoms with Gasteiger partial charge >= 0.3 is 19.8 Å². The fourth-order valence-corrected chi connectivity index (χ4v) is 12.9. The molecule has 2 atom stereocenters. The Bertz CT molecular complexity index is 1820. The van der Waals surface area contributed by atoms with E-state index in [1.165, 1.54) is 289 Å². The molecule has 0 amide bonds. The lowest BCUT2D eigenvalue weighted by atomic mass is 10.0. The van der Waals surface area contributed by atoms with Crippen molar-refractivity contribution in [2.24, 2.45) is 5.73 Å². The molecule has 0 aromatic carbocycles. The minimum atomic E-state index is -4.40. The lowest BCUT2D eigenvalue weighted by Gasteiger charge is -2.19. The Balaban J connectivity index is 3.78. The fourth-order valence-electron chi connectivity index (χ4n) is 12.1. The van der Waals surface area contributed by atoms with Gasteiger partial charge in [0.1, 0.15) is 6.61 Å². The third kappa shape index (κ3) is 78.2. The van der Waals surface area contributed by atoms with Crippen molar-refractivity contribution in [3.05, 3.63) is 85.1 Å². The highest BCUT2D eigenvalue weighted by Crippen LogP contribution is 2.43. The molecule has 10 heteroatoms. The molecule has 3 N–H and O–H groups in total. The lowest BCUT2D eigenvalue weighted by molar-refractivity contribution is -0.161. The van der Waals surface area contributed by atoms with Crippen molar-refractivity contribution in [1.82, 2.24) is 0 Å². The number of allylic oxidation sites excluding steroid dienone is 14. The van der Waals surface area contributed by atoms with E-state index in [1.807, 2.05) is 0 Å². The van der Waals surface area contributed by atoms with Crippen LogP contribution in [0.3, 0.4) is 0 Å². The predicted octanol–water partition coefficient (Wildman–Crippen LogP) is 27.3. The second-order valence-corrected chi connectivity index (χ2v) is 28.7. The van der Waals surface area contributed by atoms with Crippen LogP contribution in [0.25, 0.3) is 0 Å². The molecule has 0 heterocycles. The molecule has 2 unspecified atom stereocenters. The Morgan fingerprint density at radius 1 is 0.330 bits per heavy atom. The molecule has 0 rings (SSSR count). The highest BCUT2D eigenvalue weighted by atomic mass is 31.2. The monoisotopic (exact) mass is 1340 g/mol. The number of hydrogen-bond donors (Lipinski definition) is 2. The van der Waals surface area contributed by atoms with E-state index in [9.17, 15) is 19.0 Å². The van der Waals surface area contributed by atoms with Gasteiger partial charge in [0.15, 0.2) is 6.10 Å². The van der Waals surface area contributed by atoms with Gasteiger partial charge < -0.3 is 20.1 Å². The van der Waals surface area contributed by atoms with Crippen LogP contribution in [0.5, 0.6) is 0 Å². The zero-order valence-electron chi connectivity index (χ0n) is 62.0. The van der Waals surface area contributed by atoms with Gasteiger partial charge in [0, 0.05) is 19.4 Å². The van der Waals surface area contributed by atoms with Gasteiger partial charge in [-0.2, -0.15) is 0 Å². The van der Waals surface area contributed by atoms with E-state index in [2.05, 4.69) is 98.9 Å². The van der Waals surface area contributed by atoms with Crippen molar-refractivity contribution >= 4 is 19.8 Å². The average Bonchev–Trinajstić information content (AvgIpc) is 3.26. The van der Waals surface area contributed by atoms with Gasteiger partial charge in [0.05, 0.1) is 13.2 Å². The van der Waals surface area contributed by atoms with E-state index in [0.29, 0.717) is 6.42 Å². The minimum Gasteiger partial charge on any atom is -0.462 e. The maximum Gasteiger partial charge on any atom is 0.472 e. The smallest absolute Gasteiger partial charge is 0.462 e. The van der Waals surface area contributed by atoms with Crippen LogP contribution in [0.15, 0.2) is 85.1 Å². The maximum atomic E-state index is 12.8. The maximum absolute atomic E-state index is 12.8. The number of phosphoric ester groups is 1. The topological polar surface area (TPSA) is 134 Å². The van der Waals surface area contributed by atoms with Crippen molar-refractivity contribution in [3.63, 3.8) is 0 Å². The van der Waals surface area contributed by atoms with E-state index >= 15 is 0 Å². The molecule has 9 nitrogen and oxygen atoms in total. The second kappa shape index (κ2) is 79.2. The highest BCUT2D eigenvalue weighted by molar-refractivity contribution is 7.47. The largest absolute Gasteiger partial charge is 0.472 e. The molecule has 0 saturated heterocycles. The summed E-state index contributed by atoms with van der Waals surface area (Å²) >= 11 is 0. The number of nitrogens with two attached hydrogens (primary N) is 1. The first-order chi connectivity index (χ1) is 46.3. The summed E-state index contributed by atoms with van der Waals surface area (Å²) < 4.78 is 33.3. The highest BCUT2D eigenvalue weighted by Gasteiger charge is 2.26. The summed E-state index contributed by atoms with van der Waals surface area (Å²) in [6.07, 6.45) is 107. The summed E-state index contributed by atoms with van der Waals surface area (Å²) in [7, 11) is -4.40. The Kier molecular flexibility index (Phi) is 76.8. The molecule has 548 valence electrons. The Morgan fingerprint density at radius 3 is 0.872 bits per heavy atom. The molecule has 0 spiro atoms. The van der Waals surface area contributed by atoms with Crippen LogP contribution in [0, 0.1) is 0 Å². The van der Waals surface area contributed by atoms with Crippen LogP contribution in [0.2, 0.25) is 0 Å². The molecule has 0 aliphatic rings. The number of unbranched alkanes of at least 4 members (excludes halogenated alkanes) is 50. The Hall–Kier alpha value is -2.81. The Labute approximate surface area is 583 Å². The first kappa shape index (κ1) is 91.2. The van der Waals surface area contributed by atoms with E-state index in [1.54, 1.807) is 0 Å². The number of hydrogen-bond acceptors (Lipinski definition) is 8. The normalized spacial score (nSPS) is 13.3. The molecule has 0 aliphatic heterocycles. The SMILES string of the molecule is CC/C=C\C/C=C\C/C=C\C/C=C\C/C=C\C/C=C\C/C=C\CCCCCCCCCCCCCCCC(=O)OC(COC(=O)CCCCCCCCCCCCCCCCCCCCCCCCCCCCCCCCCCCCCCCC)COP(=O)(O)OCCN. The van der Waals surface area contributed by atoms with Crippen molar-refractivity contribution in [2.75, 3.05) is 26.4 Å². The zero-order chi connectivity index (χ0) is 67.9. The molecule has 0 aliphatic carbocycles. The van der Waals surface area contributed by atoms with Gasteiger partial charge in [-0.25, -0.2) is 4.57 Å². The van der Waals surface area contributed by atoms with Crippen LogP contribution in [0.4, 0.5) is 0 Å². The molecule has 94 heavy (non-hydrogen) atoms. The van der Waals surface area contributed by atoms with Crippen LogP contribution >= 0.6 is 7.82 Å². The molecule has 0 aromatic heterocycles. The number of phosphoric acid groups is 1. The summed E-state index contributed by atoms with van der Waals surface area (Å²) in [6, 6.07) is 0. The van der Waals surface area contributed by atoms with Crippen LogP contribution < -0.4 is 5.73 Å².